The van der Waals surface area contributed by atoms with Crippen LogP contribution in [0.1, 0.15) is 26.3 Å². The summed E-state index contributed by atoms with van der Waals surface area (Å²) < 4.78 is 58.5. The zero-order chi connectivity index (χ0) is 22.6. The third kappa shape index (κ3) is 7.54. The second kappa shape index (κ2) is 8.99. The molecule has 0 aliphatic rings. The Balaban J connectivity index is 3.35. The van der Waals surface area contributed by atoms with E-state index < -0.39 is 43.8 Å². The summed E-state index contributed by atoms with van der Waals surface area (Å²) in [7, 11) is -7.26. The number of ether oxygens (including phenoxy) is 2. The predicted molar refractivity (Wildman–Crippen MR) is 107 cm³/mol. The van der Waals surface area contributed by atoms with Crippen molar-refractivity contribution >= 4 is 37.8 Å². The van der Waals surface area contributed by atoms with Crippen LogP contribution in [0.2, 0.25) is 0 Å². The Morgan fingerprint density at radius 1 is 1.07 bits per heavy atom. The number of alkyl carbamates (subject to hydrolysis) is 1. The van der Waals surface area contributed by atoms with Gasteiger partial charge in [0.2, 0.25) is 20.0 Å². The molecule has 0 unspecified atom stereocenters. The summed E-state index contributed by atoms with van der Waals surface area (Å²) >= 11 is 0. The fourth-order valence-electron chi connectivity index (χ4n) is 2.47. The molecule has 164 valence electrons. The Morgan fingerprint density at radius 3 is 2.03 bits per heavy atom. The van der Waals surface area contributed by atoms with E-state index in [2.05, 4.69) is 5.32 Å². The van der Waals surface area contributed by atoms with E-state index in [9.17, 15) is 26.4 Å². The summed E-state index contributed by atoms with van der Waals surface area (Å²) in [5.41, 5.74) is -0.779. The van der Waals surface area contributed by atoms with Gasteiger partial charge in [0.15, 0.2) is 0 Å². The van der Waals surface area contributed by atoms with E-state index in [4.69, 9.17) is 9.47 Å². The number of esters is 1. The number of sulfonamides is 2. The van der Waals surface area contributed by atoms with Gasteiger partial charge in [-0.3, -0.25) is 0 Å². The molecule has 1 aromatic carbocycles. The molecule has 1 atom stereocenters. The first-order chi connectivity index (χ1) is 13.1. The maximum Gasteiger partial charge on any atom is 0.408 e. The fraction of sp³-hybridized carbons (Fsp3) is 0.529. The third-order valence-electron chi connectivity index (χ3n) is 3.39. The van der Waals surface area contributed by atoms with Crippen molar-refractivity contribution in [2.45, 2.75) is 38.8 Å². The lowest BCUT2D eigenvalue weighted by Crippen LogP contribution is -2.45. The molecular formula is C17H26N2O8S2. The molecule has 12 heteroatoms. The molecule has 29 heavy (non-hydrogen) atoms. The average molecular weight is 451 g/mol. The van der Waals surface area contributed by atoms with Gasteiger partial charge < -0.3 is 14.8 Å². The predicted octanol–water partition coefficient (Wildman–Crippen LogP) is 1.02. The quantitative estimate of drug-likeness (QED) is 0.608. The Bertz CT molecular complexity index is 933. The van der Waals surface area contributed by atoms with Gasteiger partial charge in [0, 0.05) is 6.42 Å². The lowest BCUT2D eigenvalue weighted by Gasteiger charge is -2.25. The zero-order valence-corrected chi connectivity index (χ0v) is 18.8. The molecule has 1 rings (SSSR count). The molecule has 1 amide bonds. The molecule has 0 aromatic heterocycles. The van der Waals surface area contributed by atoms with E-state index in [1.807, 2.05) is 0 Å². The van der Waals surface area contributed by atoms with Gasteiger partial charge in [-0.05, 0) is 32.4 Å². The summed E-state index contributed by atoms with van der Waals surface area (Å²) in [5, 5.41) is 2.36. The van der Waals surface area contributed by atoms with Gasteiger partial charge >= 0.3 is 12.1 Å². The van der Waals surface area contributed by atoms with Crippen molar-refractivity contribution in [1.29, 1.82) is 0 Å². The maximum absolute atomic E-state index is 12.1. The molecule has 0 radical (unpaired) electrons. The van der Waals surface area contributed by atoms with Crippen molar-refractivity contribution in [3.63, 3.8) is 0 Å². The summed E-state index contributed by atoms with van der Waals surface area (Å²) in [6, 6.07) is 4.50. The molecule has 0 bridgehead atoms. The molecule has 0 aliphatic carbocycles. The Morgan fingerprint density at radius 2 is 1.59 bits per heavy atom. The first-order valence-electron chi connectivity index (χ1n) is 8.42. The Labute approximate surface area is 171 Å². The van der Waals surface area contributed by atoms with E-state index in [1.54, 1.807) is 26.8 Å². The summed E-state index contributed by atoms with van der Waals surface area (Å²) in [4.78, 5) is 24.2. The van der Waals surface area contributed by atoms with E-state index in [0.29, 0.717) is 0 Å². The van der Waals surface area contributed by atoms with Crippen LogP contribution in [0, 0.1) is 0 Å². The van der Waals surface area contributed by atoms with Gasteiger partial charge in [0.25, 0.3) is 0 Å². The molecule has 0 spiro atoms. The van der Waals surface area contributed by atoms with Crippen LogP contribution in [0.4, 0.5) is 10.5 Å². The third-order valence-corrected chi connectivity index (χ3v) is 6.61. The van der Waals surface area contributed by atoms with Crippen LogP contribution >= 0.6 is 0 Å². The number of methoxy groups -OCH3 is 1. The van der Waals surface area contributed by atoms with Crippen molar-refractivity contribution in [3.8, 4) is 0 Å². The fourth-order valence-corrected chi connectivity index (χ4v) is 5.51. The van der Waals surface area contributed by atoms with Crippen LogP contribution in [0.5, 0.6) is 0 Å². The van der Waals surface area contributed by atoms with Crippen LogP contribution in [0.3, 0.4) is 0 Å². The highest BCUT2D eigenvalue weighted by molar-refractivity contribution is 8.09. The van der Waals surface area contributed by atoms with Gasteiger partial charge in [0.05, 0.1) is 25.3 Å². The number of hydrogen-bond acceptors (Lipinski definition) is 8. The van der Waals surface area contributed by atoms with E-state index in [0.717, 1.165) is 19.6 Å². The zero-order valence-electron chi connectivity index (χ0n) is 17.1. The van der Waals surface area contributed by atoms with Crippen molar-refractivity contribution in [1.82, 2.24) is 5.32 Å². The van der Waals surface area contributed by atoms with Crippen LogP contribution in [-0.2, 0) is 40.7 Å². The number of anilines is 1. The molecule has 1 aromatic rings. The lowest BCUT2D eigenvalue weighted by atomic mass is 10.0. The minimum Gasteiger partial charge on any atom is -0.467 e. The van der Waals surface area contributed by atoms with E-state index >= 15 is 0 Å². The first kappa shape index (κ1) is 24.7. The number of para-hydroxylation sites is 1. The number of nitrogens with one attached hydrogen (secondary N) is 1. The van der Waals surface area contributed by atoms with Crippen molar-refractivity contribution in [3.05, 3.63) is 29.8 Å². The van der Waals surface area contributed by atoms with Crippen LogP contribution in [-0.4, -0.2) is 60.2 Å². The molecular weight excluding hydrogens is 424 g/mol. The first-order valence-corrected chi connectivity index (χ1v) is 12.1. The number of carbonyl (C=O) groups excluding carboxylic acids is 2. The maximum atomic E-state index is 12.1. The minimum absolute atomic E-state index is 0.155. The Kier molecular flexibility index (Phi) is 7.66. The number of amides is 1. The SMILES string of the molecule is COC(=O)[C@H](Cc1ccccc1N(S(C)(=O)=O)S(C)(=O)=O)NC(=O)OC(C)(C)C. The minimum atomic E-state index is -4.19. The van der Waals surface area contributed by atoms with E-state index in [-0.39, 0.29) is 21.4 Å². The van der Waals surface area contributed by atoms with Crippen LogP contribution < -0.4 is 9.03 Å². The van der Waals surface area contributed by atoms with Gasteiger partial charge in [0.1, 0.15) is 11.6 Å². The molecule has 0 saturated heterocycles. The van der Waals surface area contributed by atoms with Gasteiger partial charge in [-0.25, -0.2) is 26.4 Å². The van der Waals surface area contributed by atoms with Gasteiger partial charge in [-0.1, -0.05) is 18.2 Å². The number of rotatable bonds is 7. The highest BCUT2D eigenvalue weighted by Crippen LogP contribution is 2.27. The van der Waals surface area contributed by atoms with Crippen molar-refractivity contribution in [2.75, 3.05) is 23.3 Å². The molecule has 0 heterocycles. The molecule has 0 fully saturated rings. The number of nitrogens with zero attached hydrogens (tertiary/aromatic N) is 1. The van der Waals surface area contributed by atoms with Crippen LogP contribution in [0.15, 0.2) is 24.3 Å². The number of hydrogen-bond donors (Lipinski definition) is 1. The van der Waals surface area contributed by atoms with Gasteiger partial charge in [-0.2, -0.15) is 3.71 Å². The second-order valence-corrected chi connectivity index (χ2v) is 11.2. The molecule has 0 saturated carbocycles. The number of benzene rings is 1. The smallest absolute Gasteiger partial charge is 0.408 e. The standard InChI is InChI=1S/C17H26N2O8S2/c1-17(2,3)27-16(21)18-13(15(20)26-4)11-12-9-7-8-10-14(12)19(28(5,22)23)29(6,24)25/h7-10,13H,11H2,1-6H3,(H,18,21)/t13-/m0/s1. The lowest BCUT2D eigenvalue weighted by molar-refractivity contribution is -0.143. The topological polar surface area (TPSA) is 136 Å². The highest BCUT2D eigenvalue weighted by Gasteiger charge is 2.32. The monoisotopic (exact) mass is 450 g/mol. The molecule has 10 nitrogen and oxygen atoms in total. The largest absolute Gasteiger partial charge is 0.467 e. The van der Waals surface area contributed by atoms with Crippen LogP contribution in [0.25, 0.3) is 0 Å². The average Bonchev–Trinajstić information content (AvgIpc) is 2.50. The normalized spacial score (nSPS) is 13.3. The van der Waals surface area contributed by atoms with E-state index in [1.165, 1.54) is 18.2 Å². The Hall–Kier alpha value is -2.34. The number of carbonyl (C=O) groups is 2. The molecule has 1 N–H and O–H groups in total. The second-order valence-electron chi connectivity index (χ2n) is 7.28. The molecule has 0 aliphatic heterocycles. The van der Waals surface area contributed by atoms with Crippen molar-refractivity contribution < 1.29 is 35.9 Å². The highest BCUT2D eigenvalue weighted by atomic mass is 32.3. The van der Waals surface area contributed by atoms with Gasteiger partial charge in [-0.15, -0.1) is 0 Å². The summed E-state index contributed by atoms with van der Waals surface area (Å²) in [6.45, 7) is 4.93. The summed E-state index contributed by atoms with van der Waals surface area (Å²) in [5.74, 6) is -0.809. The van der Waals surface area contributed by atoms with Crippen molar-refractivity contribution in [2.24, 2.45) is 0 Å². The summed E-state index contributed by atoms with van der Waals surface area (Å²) in [6.07, 6.45) is 0.390.